The zero-order valence-corrected chi connectivity index (χ0v) is 13.3. The summed E-state index contributed by atoms with van der Waals surface area (Å²) in [5, 5.41) is 2.83. The smallest absolute Gasteiger partial charge is 0.287 e. The molecule has 5 heteroatoms. The van der Waals surface area contributed by atoms with Gasteiger partial charge in [-0.3, -0.25) is 4.79 Å². The largest absolute Gasteiger partial charge is 0.490 e. The monoisotopic (exact) mass is 314 g/mol. The quantitative estimate of drug-likeness (QED) is 0.922. The first-order chi connectivity index (χ1) is 11.2. The van der Waals surface area contributed by atoms with E-state index in [1.165, 1.54) is 6.26 Å². The molecule has 1 aromatic heterocycles. The van der Waals surface area contributed by atoms with Crippen LogP contribution < -0.4 is 10.1 Å². The lowest BCUT2D eigenvalue weighted by molar-refractivity contribution is 0.0923. The van der Waals surface area contributed by atoms with Gasteiger partial charge in [-0.05, 0) is 49.7 Å². The van der Waals surface area contributed by atoms with Crippen LogP contribution in [0.3, 0.4) is 0 Å². The number of nitrogens with one attached hydrogen (secondary N) is 1. The molecule has 5 nitrogen and oxygen atoms in total. The van der Waals surface area contributed by atoms with Crippen LogP contribution in [0.15, 0.2) is 47.1 Å². The molecule has 3 rings (SSSR count). The minimum absolute atomic E-state index is 0.207. The molecule has 1 aliphatic heterocycles. The number of benzene rings is 1. The average Bonchev–Trinajstić information content (AvgIpc) is 3.11. The molecular weight excluding hydrogens is 292 g/mol. The molecule has 0 saturated carbocycles. The van der Waals surface area contributed by atoms with Crippen LogP contribution in [0.4, 0.5) is 0 Å². The second-order valence-electron chi connectivity index (χ2n) is 5.92. The number of furan rings is 1. The fraction of sp³-hybridized carbons (Fsp3) is 0.389. The van der Waals surface area contributed by atoms with Crippen molar-refractivity contribution in [1.29, 1.82) is 0 Å². The number of piperidine rings is 1. The summed E-state index contributed by atoms with van der Waals surface area (Å²) in [7, 11) is 2.14. The third-order valence-electron chi connectivity index (χ3n) is 4.09. The molecule has 0 unspecified atom stereocenters. The summed E-state index contributed by atoms with van der Waals surface area (Å²) < 4.78 is 11.1. The number of carbonyl (C=O) groups is 1. The van der Waals surface area contributed by atoms with Crippen molar-refractivity contribution in [2.24, 2.45) is 0 Å². The van der Waals surface area contributed by atoms with Crippen LogP contribution in [0.1, 0.15) is 29.0 Å². The Bertz CT molecular complexity index is 614. The maximum atomic E-state index is 11.8. The van der Waals surface area contributed by atoms with Gasteiger partial charge >= 0.3 is 0 Å². The second-order valence-corrected chi connectivity index (χ2v) is 5.92. The first kappa shape index (κ1) is 15.6. The topological polar surface area (TPSA) is 54.7 Å². The van der Waals surface area contributed by atoms with Gasteiger partial charge in [0.25, 0.3) is 5.91 Å². The molecule has 1 fully saturated rings. The van der Waals surface area contributed by atoms with Crippen LogP contribution in [0.2, 0.25) is 0 Å². The van der Waals surface area contributed by atoms with Gasteiger partial charge in [0.15, 0.2) is 5.76 Å². The zero-order valence-electron chi connectivity index (χ0n) is 13.3. The summed E-state index contributed by atoms with van der Waals surface area (Å²) in [4.78, 5) is 14.1. The summed E-state index contributed by atoms with van der Waals surface area (Å²) in [5.74, 6) is 1.01. The van der Waals surface area contributed by atoms with Crippen molar-refractivity contribution in [2.45, 2.75) is 25.5 Å². The van der Waals surface area contributed by atoms with Crippen molar-refractivity contribution in [1.82, 2.24) is 10.2 Å². The minimum atomic E-state index is -0.207. The van der Waals surface area contributed by atoms with Crippen molar-refractivity contribution >= 4 is 5.91 Å². The van der Waals surface area contributed by atoms with E-state index in [-0.39, 0.29) is 5.91 Å². The fourth-order valence-corrected chi connectivity index (χ4v) is 2.66. The summed E-state index contributed by atoms with van der Waals surface area (Å²) in [6, 6.07) is 11.2. The van der Waals surface area contributed by atoms with Crippen molar-refractivity contribution in [3.8, 4) is 5.75 Å². The molecule has 0 radical (unpaired) electrons. The highest BCUT2D eigenvalue weighted by molar-refractivity contribution is 5.91. The van der Waals surface area contributed by atoms with Gasteiger partial charge in [-0.15, -0.1) is 0 Å². The number of hydrogen-bond acceptors (Lipinski definition) is 4. The highest BCUT2D eigenvalue weighted by Gasteiger charge is 2.17. The van der Waals surface area contributed by atoms with E-state index in [4.69, 9.17) is 9.15 Å². The molecule has 0 bridgehead atoms. The Kier molecular flexibility index (Phi) is 4.98. The number of ether oxygens (including phenoxy) is 1. The van der Waals surface area contributed by atoms with E-state index in [9.17, 15) is 4.79 Å². The van der Waals surface area contributed by atoms with Crippen molar-refractivity contribution in [3.05, 3.63) is 54.0 Å². The SMILES string of the molecule is CN1CCC(Oc2ccc(CNC(=O)c3ccco3)cc2)CC1. The van der Waals surface area contributed by atoms with E-state index in [0.29, 0.717) is 18.4 Å². The highest BCUT2D eigenvalue weighted by Crippen LogP contribution is 2.19. The molecule has 2 heterocycles. The Labute approximate surface area is 136 Å². The number of rotatable bonds is 5. The molecule has 1 amide bonds. The summed E-state index contributed by atoms with van der Waals surface area (Å²) in [5.41, 5.74) is 1.03. The van der Waals surface area contributed by atoms with E-state index in [2.05, 4.69) is 17.3 Å². The number of hydrogen-bond donors (Lipinski definition) is 1. The Hall–Kier alpha value is -2.27. The van der Waals surface area contributed by atoms with Gasteiger partial charge in [0.2, 0.25) is 0 Å². The fourth-order valence-electron chi connectivity index (χ4n) is 2.66. The normalized spacial score (nSPS) is 16.2. The predicted molar refractivity (Wildman–Crippen MR) is 87.5 cm³/mol. The van der Waals surface area contributed by atoms with Crippen LogP contribution in [0, 0.1) is 0 Å². The maximum Gasteiger partial charge on any atom is 0.287 e. The van der Waals surface area contributed by atoms with Crippen molar-refractivity contribution < 1.29 is 13.9 Å². The summed E-state index contributed by atoms with van der Waals surface area (Å²) in [6.45, 7) is 2.64. The van der Waals surface area contributed by atoms with Gasteiger partial charge in [0.05, 0.1) is 6.26 Å². The molecule has 1 N–H and O–H groups in total. The Morgan fingerprint density at radius 1 is 1.26 bits per heavy atom. The summed E-state index contributed by atoms with van der Waals surface area (Å²) >= 11 is 0. The first-order valence-electron chi connectivity index (χ1n) is 7.96. The van der Waals surface area contributed by atoms with E-state index in [1.54, 1.807) is 12.1 Å². The van der Waals surface area contributed by atoms with Crippen molar-refractivity contribution in [2.75, 3.05) is 20.1 Å². The maximum absolute atomic E-state index is 11.8. The van der Waals surface area contributed by atoms with E-state index in [1.807, 2.05) is 24.3 Å². The Balaban J connectivity index is 1.48. The van der Waals surface area contributed by atoms with Crippen molar-refractivity contribution in [3.63, 3.8) is 0 Å². The lowest BCUT2D eigenvalue weighted by Gasteiger charge is -2.29. The molecule has 1 saturated heterocycles. The minimum Gasteiger partial charge on any atom is -0.490 e. The molecule has 2 aromatic rings. The van der Waals surface area contributed by atoms with E-state index < -0.39 is 0 Å². The second kappa shape index (κ2) is 7.33. The molecule has 23 heavy (non-hydrogen) atoms. The molecule has 0 aliphatic carbocycles. The van der Waals surface area contributed by atoms with Gasteiger partial charge in [0.1, 0.15) is 11.9 Å². The third kappa shape index (κ3) is 4.36. The van der Waals surface area contributed by atoms with Gasteiger partial charge in [-0.25, -0.2) is 0 Å². The Morgan fingerprint density at radius 2 is 2.00 bits per heavy atom. The predicted octanol–water partition coefficient (Wildman–Crippen LogP) is 2.68. The van der Waals surface area contributed by atoms with Gasteiger partial charge < -0.3 is 19.4 Å². The van der Waals surface area contributed by atoms with E-state index in [0.717, 1.165) is 37.2 Å². The molecule has 0 spiro atoms. The lowest BCUT2D eigenvalue weighted by Crippen LogP contribution is -2.35. The van der Waals surface area contributed by atoms with Gasteiger partial charge in [-0.2, -0.15) is 0 Å². The van der Waals surface area contributed by atoms with Crippen LogP contribution in [0.5, 0.6) is 5.75 Å². The standard InChI is InChI=1S/C18H22N2O3/c1-20-10-8-16(9-11-20)23-15-6-4-14(5-7-15)13-19-18(21)17-3-2-12-22-17/h2-7,12,16H,8-11,13H2,1H3,(H,19,21). The van der Waals surface area contributed by atoms with Crippen LogP contribution in [0.25, 0.3) is 0 Å². The summed E-state index contributed by atoms with van der Waals surface area (Å²) in [6.07, 6.45) is 3.93. The van der Waals surface area contributed by atoms with E-state index >= 15 is 0 Å². The number of likely N-dealkylation sites (tertiary alicyclic amines) is 1. The third-order valence-corrected chi connectivity index (χ3v) is 4.09. The lowest BCUT2D eigenvalue weighted by atomic mass is 10.1. The average molecular weight is 314 g/mol. The number of amides is 1. The number of nitrogens with zero attached hydrogens (tertiary/aromatic N) is 1. The number of carbonyl (C=O) groups excluding carboxylic acids is 1. The highest BCUT2D eigenvalue weighted by atomic mass is 16.5. The van der Waals surface area contributed by atoms with Gasteiger partial charge in [-0.1, -0.05) is 12.1 Å². The van der Waals surface area contributed by atoms with Crippen LogP contribution >= 0.6 is 0 Å². The molecular formula is C18H22N2O3. The molecule has 1 aliphatic rings. The van der Waals surface area contributed by atoms with Crippen LogP contribution in [-0.4, -0.2) is 37.0 Å². The molecule has 122 valence electrons. The first-order valence-corrected chi connectivity index (χ1v) is 7.96. The molecule has 0 atom stereocenters. The van der Waals surface area contributed by atoms with Gasteiger partial charge in [0, 0.05) is 19.6 Å². The zero-order chi connectivity index (χ0) is 16.1. The van der Waals surface area contributed by atoms with Crippen LogP contribution in [-0.2, 0) is 6.54 Å². The molecule has 1 aromatic carbocycles. The Morgan fingerprint density at radius 3 is 2.65 bits per heavy atom.